The molecule has 0 unspecified atom stereocenters. The average Bonchev–Trinajstić information content (AvgIpc) is 2.16. The summed E-state index contributed by atoms with van der Waals surface area (Å²) in [4.78, 5) is 18.8. The van der Waals surface area contributed by atoms with Gasteiger partial charge in [-0.15, -0.1) is 0 Å². The molecule has 0 saturated heterocycles. The van der Waals surface area contributed by atoms with Crippen molar-refractivity contribution in [2.24, 2.45) is 0 Å². The molecular formula is C10H13ClN2O2. The molecule has 0 amide bonds. The molecule has 0 spiro atoms. The standard InChI is InChI=1S/C10H13ClN2O2/c1-4-10(2,3)9-12-6(8(14)15)5-7(11)13-9/h5H,4H2,1-3H3,(H,14,15). The Morgan fingerprint density at radius 2 is 2.13 bits per heavy atom. The van der Waals surface area contributed by atoms with Crippen molar-refractivity contribution in [3.8, 4) is 0 Å². The molecule has 0 aliphatic heterocycles. The maximum Gasteiger partial charge on any atom is 0.354 e. The van der Waals surface area contributed by atoms with Crippen LogP contribution in [0.15, 0.2) is 6.07 Å². The fraction of sp³-hybridized carbons (Fsp3) is 0.500. The number of carboxylic acids is 1. The highest BCUT2D eigenvalue weighted by Crippen LogP contribution is 2.24. The minimum absolute atomic E-state index is 0.0634. The maximum absolute atomic E-state index is 10.8. The second-order valence-corrected chi connectivity index (χ2v) is 4.33. The van der Waals surface area contributed by atoms with Crippen LogP contribution in [-0.2, 0) is 5.41 Å². The fourth-order valence-corrected chi connectivity index (χ4v) is 1.17. The van der Waals surface area contributed by atoms with Crippen molar-refractivity contribution < 1.29 is 9.90 Å². The van der Waals surface area contributed by atoms with Gasteiger partial charge in [0.2, 0.25) is 0 Å². The van der Waals surface area contributed by atoms with E-state index in [1.165, 1.54) is 6.07 Å². The number of halogens is 1. The number of rotatable bonds is 3. The minimum atomic E-state index is -1.09. The Hall–Kier alpha value is -1.16. The summed E-state index contributed by atoms with van der Waals surface area (Å²) < 4.78 is 0. The normalized spacial score (nSPS) is 11.5. The van der Waals surface area contributed by atoms with Crippen LogP contribution in [0.25, 0.3) is 0 Å². The first-order chi connectivity index (χ1) is 6.86. The predicted molar refractivity (Wildman–Crippen MR) is 57.3 cm³/mol. The first kappa shape index (κ1) is 11.9. The molecule has 0 saturated carbocycles. The molecule has 1 rings (SSSR count). The molecule has 0 bridgehead atoms. The Bertz CT molecular complexity index is 391. The molecule has 1 aromatic heterocycles. The van der Waals surface area contributed by atoms with Gasteiger partial charge >= 0.3 is 5.97 Å². The summed E-state index contributed by atoms with van der Waals surface area (Å²) in [5, 5.41) is 8.99. The van der Waals surface area contributed by atoms with E-state index in [9.17, 15) is 4.79 Å². The van der Waals surface area contributed by atoms with Crippen molar-refractivity contribution in [2.75, 3.05) is 0 Å². The highest BCUT2D eigenvalue weighted by Gasteiger charge is 2.23. The van der Waals surface area contributed by atoms with E-state index in [0.717, 1.165) is 6.42 Å². The molecule has 1 aromatic rings. The highest BCUT2D eigenvalue weighted by molar-refractivity contribution is 6.29. The van der Waals surface area contributed by atoms with Gasteiger partial charge in [-0.3, -0.25) is 0 Å². The summed E-state index contributed by atoms with van der Waals surface area (Å²) in [6.45, 7) is 5.89. The largest absolute Gasteiger partial charge is 0.477 e. The van der Waals surface area contributed by atoms with Gasteiger partial charge in [-0.2, -0.15) is 0 Å². The second kappa shape index (κ2) is 4.14. The first-order valence-corrected chi connectivity index (χ1v) is 5.03. The molecule has 82 valence electrons. The lowest BCUT2D eigenvalue weighted by Crippen LogP contribution is -2.21. The van der Waals surface area contributed by atoms with Crippen molar-refractivity contribution in [2.45, 2.75) is 32.6 Å². The second-order valence-electron chi connectivity index (χ2n) is 3.94. The van der Waals surface area contributed by atoms with Crippen LogP contribution < -0.4 is 0 Å². The van der Waals surface area contributed by atoms with Gasteiger partial charge in [0, 0.05) is 11.5 Å². The molecular weight excluding hydrogens is 216 g/mol. The summed E-state index contributed by atoms with van der Waals surface area (Å²) in [6, 6.07) is 1.25. The maximum atomic E-state index is 10.8. The number of carboxylic acid groups (broad SMARTS) is 1. The van der Waals surface area contributed by atoms with Gasteiger partial charge in [0.05, 0.1) is 0 Å². The van der Waals surface area contributed by atoms with E-state index < -0.39 is 5.97 Å². The molecule has 4 nitrogen and oxygen atoms in total. The van der Waals surface area contributed by atoms with Crippen molar-refractivity contribution in [1.82, 2.24) is 9.97 Å². The SMILES string of the molecule is CCC(C)(C)c1nc(Cl)cc(C(=O)O)n1. The van der Waals surface area contributed by atoms with Crippen molar-refractivity contribution in [1.29, 1.82) is 0 Å². The van der Waals surface area contributed by atoms with E-state index in [2.05, 4.69) is 9.97 Å². The van der Waals surface area contributed by atoms with Gasteiger partial charge < -0.3 is 5.11 Å². The molecule has 5 heteroatoms. The van der Waals surface area contributed by atoms with Crippen LogP contribution in [0.1, 0.15) is 43.5 Å². The van der Waals surface area contributed by atoms with E-state index in [0.29, 0.717) is 5.82 Å². The van der Waals surface area contributed by atoms with Gasteiger partial charge in [0.25, 0.3) is 0 Å². The molecule has 0 fully saturated rings. The topological polar surface area (TPSA) is 63.1 Å². The summed E-state index contributed by atoms with van der Waals surface area (Å²) in [5.41, 5.74) is -0.332. The van der Waals surface area contributed by atoms with Crippen molar-refractivity contribution in [3.63, 3.8) is 0 Å². The van der Waals surface area contributed by atoms with Gasteiger partial charge in [0.15, 0.2) is 5.69 Å². The van der Waals surface area contributed by atoms with Crippen LogP contribution in [0.2, 0.25) is 5.15 Å². The van der Waals surface area contributed by atoms with Crippen LogP contribution in [0.4, 0.5) is 0 Å². The van der Waals surface area contributed by atoms with Crippen LogP contribution in [0.3, 0.4) is 0 Å². The molecule has 0 aromatic carbocycles. The zero-order valence-corrected chi connectivity index (χ0v) is 9.67. The van der Waals surface area contributed by atoms with E-state index in [-0.39, 0.29) is 16.3 Å². The van der Waals surface area contributed by atoms with Crippen LogP contribution in [-0.4, -0.2) is 21.0 Å². The number of aromatic nitrogens is 2. The minimum Gasteiger partial charge on any atom is -0.477 e. The molecule has 0 radical (unpaired) electrons. The lowest BCUT2D eigenvalue weighted by molar-refractivity contribution is 0.0689. The first-order valence-electron chi connectivity index (χ1n) is 4.65. The lowest BCUT2D eigenvalue weighted by Gasteiger charge is -2.20. The third kappa shape index (κ3) is 2.65. The monoisotopic (exact) mass is 228 g/mol. The summed E-state index contributed by atoms with van der Waals surface area (Å²) in [6.07, 6.45) is 0.812. The van der Waals surface area contributed by atoms with Gasteiger partial charge in [0.1, 0.15) is 11.0 Å². The Kier molecular flexibility index (Phi) is 3.29. The van der Waals surface area contributed by atoms with Crippen LogP contribution in [0.5, 0.6) is 0 Å². The zero-order valence-electron chi connectivity index (χ0n) is 8.91. The van der Waals surface area contributed by atoms with Gasteiger partial charge in [-0.25, -0.2) is 14.8 Å². The van der Waals surface area contributed by atoms with Crippen molar-refractivity contribution in [3.05, 3.63) is 22.7 Å². The van der Waals surface area contributed by atoms with E-state index in [1.54, 1.807) is 0 Å². The summed E-state index contributed by atoms with van der Waals surface area (Å²) in [7, 11) is 0. The number of hydrogen-bond acceptors (Lipinski definition) is 3. The van der Waals surface area contributed by atoms with Gasteiger partial charge in [-0.05, 0) is 6.42 Å². The van der Waals surface area contributed by atoms with E-state index in [1.807, 2.05) is 20.8 Å². The Labute approximate surface area is 93.3 Å². The fourth-order valence-electron chi connectivity index (χ4n) is 0.988. The lowest BCUT2D eigenvalue weighted by atomic mass is 9.89. The zero-order chi connectivity index (χ0) is 11.6. The number of aromatic carboxylic acids is 1. The van der Waals surface area contributed by atoms with Crippen LogP contribution in [0, 0.1) is 0 Å². The smallest absolute Gasteiger partial charge is 0.354 e. The van der Waals surface area contributed by atoms with Crippen molar-refractivity contribution >= 4 is 17.6 Å². The van der Waals surface area contributed by atoms with Gasteiger partial charge in [-0.1, -0.05) is 32.4 Å². The number of carbonyl (C=O) groups is 1. The Balaban J connectivity index is 3.26. The quantitative estimate of drug-likeness (QED) is 0.808. The molecule has 0 aliphatic carbocycles. The van der Waals surface area contributed by atoms with E-state index in [4.69, 9.17) is 16.7 Å². The summed E-state index contributed by atoms with van der Waals surface area (Å²) in [5.74, 6) is -0.623. The average molecular weight is 229 g/mol. The number of nitrogens with zero attached hydrogens (tertiary/aromatic N) is 2. The molecule has 0 aliphatic rings. The molecule has 15 heavy (non-hydrogen) atoms. The Morgan fingerprint density at radius 3 is 2.60 bits per heavy atom. The Morgan fingerprint density at radius 1 is 1.53 bits per heavy atom. The number of hydrogen-bond donors (Lipinski definition) is 1. The third-order valence-electron chi connectivity index (χ3n) is 2.40. The molecule has 1 N–H and O–H groups in total. The molecule has 0 atom stereocenters. The van der Waals surface area contributed by atoms with E-state index >= 15 is 0 Å². The third-order valence-corrected chi connectivity index (χ3v) is 2.60. The predicted octanol–water partition coefficient (Wildman–Crippen LogP) is 2.52. The highest BCUT2D eigenvalue weighted by atomic mass is 35.5. The molecule has 1 heterocycles. The summed E-state index contributed by atoms with van der Waals surface area (Å²) >= 11 is 5.74. The van der Waals surface area contributed by atoms with Crippen LogP contribution >= 0.6 is 11.6 Å².